The third kappa shape index (κ3) is 7.63. The minimum absolute atomic E-state index is 0.678. The molecule has 1 N–H and O–H groups in total. The first-order valence-electron chi connectivity index (χ1n) is 3.85. The second-order valence-electron chi connectivity index (χ2n) is 2.27. The van der Waals surface area contributed by atoms with Gasteiger partial charge in [-0.1, -0.05) is 13.3 Å². The summed E-state index contributed by atoms with van der Waals surface area (Å²) in [5.74, 6) is 0. The molecule has 59 valence electrons. The van der Waals surface area contributed by atoms with E-state index in [-0.39, 0.29) is 0 Å². The highest BCUT2D eigenvalue weighted by Gasteiger charge is 1.85. The second-order valence-corrected chi connectivity index (χ2v) is 2.27. The van der Waals surface area contributed by atoms with Crippen LogP contribution in [-0.2, 0) is 4.79 Å². The molecule has 0 aliphatic carbocycles. The molecule has 0 heterocycles. The van der Waals surface area contributed by atoms with Crippen LogP contribution in [0.5, 0.6) is 0 Å². The molecule has 0 spiro atoms. The zero-order valence-corrected chi connectivity index (χ0v) is 6.44. The molecule has 0 saturated carbocycles. The molecule has 10 heavy (non-hydrogen) atoms. The average molecular weight is 142 g/mol. The molecule has 0 saturated heterocycles. The first-order chi connectivity index (χ1) is 4.91. The highest BCUT2D eigenvalue weighted by Crippen LogP contribution is 1.84. The largest absolute Gasteiger partial charge is 0.317 e. The molecule has 0 bridgehead atoms. The van der Waals surface area contributed by atoms with E-state index in [2.05, 4.69) is 12.2 Å². The number of hydrogen-bond donors (Lipinski definition) is 1. The Morgan fingerprint density at radius 1 is 1.30 bits per heavy atom. The lowest BCUT2D eigenvalue weighted by Gasteiger charge is -1.99. The molecule has 0 atom stereocenters. The Hall–Kier alpha value is -0.370. The summed E-state index contributed by atoms with van der Waals surface area (Å²) in [4.78, 5) is 9.86. The van der Waals surface area contributed by atoms with Gasteiger partial charge in [-0.3, -0.25) is 0 Å². The summed E-state index contributed by atoms with van der Waals surface area (Å²) in [6.07, 6.45) is 4.71. The molecule has 0 unspecified atom stereocenters. The summed E-state index contributed by atoms with van der Waals surface area (Å²) in [5, 5.41) is 3.22. The van der Waals surface area contributed by atoms with Gasteiger partial charge in [-0.2, -0.15) is 0 Å². The number of unbranched alkanes of at least 4 members (excludes halogenated alkanes) is 2. The molecule has 1 radical (unpaired) electrons. The summed E-state index contributed by atoms with van der Waals surface area (Å²) in [5.41, 5.74) is 0. The first-order valence-corrected chi connectivity index (χ1v) is 3.85. The Morgan fingerprint density at radius 3 is 2.60 bits per heavy atom. The van der Waals surface area contributed by atoms with Gasteiger partial charge in [0.05, 0.1) is 0 Å². The van der Waals surface area contributed by atoms with Crippen LogP contribution in [-0.4, -0.2) is 19.4 Å². The lowest BCUT2D eigenvalue weighted by Crippen LogP contribution is -2.16. The number of rotatable bonds is 7. The van der Waals surface area contributed by atoms with Crippen LogP contribution in [0, 0.1) is 6.92 Å². The van der Waals surface area contributed by atoms with Crippen LogP contribution in [0.25, 0.3) is 0 Å². The molecule has 0 fully saturated rings. The molecule has 0 aromatic heterocycles. The van der Waals surface area contributed by atoms with Crippen LogP contribution in [0.4, 0.5) is 0 Å². The smallest absolute Gasteiger partial charge is 0.120 e. The summed E-state index contributed by atoms with van der Waals surface area (Å²) in [7, 11) is 0. The number of hydrogen-bond acceptors (Lipinski definition) is 2. The molecule has 0 aromatic rings. The van der Waals surface area contributed by atoms with E-state index in [0.29, 0.717) is 6.42 Å². The zero-order valence-electron chi connectivity index (χ0n) is 6.44. The van der Waals surface area contributed by atoms with Crippen molar-refractivity contribution in [1.29, 1.82) is 0 Å². The van der Waals surface area contributed by atoms with Crippen molar-refractivity contribution in [2.45, 2.75) is 25.7 Å². The third-order valence-electron chi connectivity index (χ3n) is 1.28. The molecule has 2 nitrogen and oxygen atoms in total. The van der Waals surface area contributed by atoms with Gasteiger partial charge in [0.15, 0.2) is 0 Å². The maximum Gasteiger partial charge on any atom is 0.120 e. The Kier molecular flexibility index (Phi) is 8.31. The fraction of sp³-hybridized carbons (Fsp3) is 0.750. The van der Waals surface area contributed by atoms with Gasteiger partial charge < -0.3 is 10.1 Å². The fourth-order valence-corrected chi connectivity index (χ4v) is 0.685. The Morgan fingerprint density at radius 2 is 2.00 bits per heavy atom. The Labute approximate surface area is 63.0 Å². The van der Waals surface area contributed by atoms with Crippen molar-refractivity contribution in [3.63, 3.8) is 0 Å². The van der Waals surface area contributed by atoms with Crippen LogP contribution in [0.15, 0.2) is 0 Å². The highest BCUT2D eigenvalue weighted by atomic mass is 16.1. The number of aldehydes is 1. The van der Waals surface area contributed by atoms with E-state index in [0.717, 1.165) is 38.6 Å². The van der Waals surface area contributed by atoms with Crippen LogP contribution < -0.4 is 5.32 Å². The van der Waals surface area contributed by atoms with Gasteiger partial charge in [-0.05, 0) is 25.9 Å². The van der Waals surface area contributed by atoms with E-state index in [1.165, 1.54) is 0 Å². The monoisotopic (exact) mass is 142 g/mol. The molecule has 0 amide bonds. The Bertz CT molecular complexity index is 73.7. The van der Waals surface area contributed by atoms with E-state index < -0.39 is 0 Å². The van der Waals surface area contributed by atoms with Gasteiger partial charge in [0.2, 0.25) is 0 Å². The average Bonchev–Trinajstić information content (AvgIpc) is 1.97. The number of nitrogens with one attached hydrogen (secondary N) is 1. The summed E-state index contributed by atoms with van der Waals surface area (Å²) in [6, 6.07) is 0. The van der Waals surface area contributed by atoms with E-state index in [1.807, 2.05) is 0 Å². The first kappa shape index (κ1) is 9.63. The minimum Gasteiger partial charge on any atom is -0.317 e. The van der Waals surface area contributed by atoms with Gasteiger partial charge in [-0.15, -0.1) is 0 Å². The molecular weight excluding hydrogens is 126 g/mol. The summed E-state index contributed by atoms with van der Waals surface area (Å²) in [6.45, 7) is 5.71. The SMILES string of the molecule is [CH2]CCCNCCCC=O. The summed E-state index contributed by atoms with van der Waals surface area (Å²) < 4.78 is 0. The molecule has 0 rings (SSSR count). The van der Waals surface area contributed by atoms with Gasteiger partial charge in [0.1, 0.15) is 6.29 Å². The van der Waals surface area contributed by atoms with E-state index >= 15 is 0 Å². The Balaban J connectivity index is 2.70. The maximum atomic E-state index is 9.86. The minimum atomic E-state index is 0.678. The standard InChI is InChI=1S/C8H16NO/c1-2-3-6-9-7-4-5-8-10/h8-9H,1-7H2. The normalized spacial score (nSPS) is 9.70. The van der Waals surface area contributed by atoms with Crippen LogP contribution >= 0.6 is 0 Å². The van der Waals surface area contributed by atoms with Crippen LogP contribution in [0.1, 0.15) is 25.7 Å². The lowest BCUT2D eigenvalue weighted by atomic mass is 10.3. The van der Waals surface area contributed by atoms with E-state index in [9.17, 15) is 4.79 Å². The predicted molar refractivity (Wildman–Crippen MR) is 42.8 cm³/mol. The zero-order chi connectivity index (χ0) is 7.66. The van der Waals surface area contributed by atoms with Gasteiger partial charge in [0, 0.05) is 6.42 Å². The molecule has 2 heteroatoms. The predicted octanol–water partition coefficient (Wildman–Crippen LogP) is 1.17. The molecular formula is C8H16NO. The van der Waals surface area contributed by atoms with Crippen molar-refractivity contribution in [2.24, 2.45) is 0 Å². The van der Waals surface area contributed by atoms with Crippen molar-refractivity contribution in [3.8, 4) is 0 Å². The van der Waals surface area contributed by atoms with Gasteiger partial charge >= 0.3 is 0 Å². The molecule has 0 aromatic carbocycles. The van der Waals surface area contributed by atoms with Crippen molar-refractivity contribution in [2.75, 3.05) is 13.1 Å². The van der Waals surface area contributed by atoms with Crippen molar-refractivity contribution in [1.82, 2.24) is 5.32 Å². The van der Waals surface area contributed by atoms with Gasteiger partial charge in [-0.25, -0.2) is 0 Å². The van der Waals surface area contributed by atoms with Gasteiger partial charge in [0.25, 0.3) is 0 Å². The van der Waals surface area contributed by atoms with Crippen LogP contribution in [0.2, 0.25) is 0 Å². The van der Waals surface area contributed by atoms with E-state index in [4.69, 9.17) is 0 Å². The quantitative estimate of drug-likeness (QED) is 0.427. The highest BCUT2D eigenvalue weighted by molar-refractivity contribution is 5.48. The molecule has 0 aliphatic heterocycles. The fourth-order valence-electron chi connectivity index (χ4n) is 0.685. The third-order valence-corrected chi connectivity index (χ3v) is 1.28. The van der Waals surface area contributed by atoms with Crippen LogP contribution in [0.3, 0.4) is 0 Å². The second kappa shape index (κ2) is 8.63. The van der Waals surface area contributed by atoms with Crippen molar-refractivity contribution < 1.29 is 4.79 Å². The summed E-state index contributed by atoms with van der Waals surface area (Å²) >= 11 is 0. The maximum absolute atomic E-state index is 9.86. The van der Waals surface area contributed by atoms with Crippen molar-refractivity contribution >= 4 is 6.29 Å². The lowest BCUT2D eigenvalue weighted by molar-refractivity contribution is -0.107. The number of carbonyl (C=O) groups excluding carboxylic acids is 1. The van der Waals surface area contributed by atoms with E-state index in [1.54, 1.807) is 0 Å². The number of carbonyl (C=O) groups is 1. The van der Waals surface area contributed by atoms with Crippen molar-refractivity contribution in [3.05, 3.63) is 6.92 Å². The molecule has 0 aliphatic rings. The topological polar surface area (TPSA) is 29.1 Å².